The minimum Gasteiger partial charge on any atom is -0.361 e. The van der Waals surface area contributed by atoms with Crippen LogP contribution in [0.1, 0.15) is 38.5 Å². The Morgan fingerprint density at radius 3 is 2.28 bits per heavy atom. The molecule has 0 bridgehead atoms. The number of benzene rings is 2. The van der Waals surface area contributed by atoms with E-state index in [1.165, 1.54) is 11.1 Å². The van der Waals surface area contributed by atoms with Crippen molar-refractivity contribution in [3.63, 3.8) is 0 Å². The maximum absolute atomic E-state index is 12.9. The Kier molecular flexibility index (Phi) is 6.02. The lowest BCUT2D eigenvalue weighted by atomic mass is 10.1. The fourth-order valence-electron chi connectivity index (χ4n) is 3.90. The van der Waals surface area contributed by atoms with Crippen molar-refractivity contribution in [2.24, 2.45) is 0 Å². The molecule has 3 N–H and O–H groups in total. The van der Waals surface area contributed by atoms with Gasteiger partial charge >= 0.3 is 11.8 Å². The number of rotatable bonds is 5. The molecule has 0 radical (unpaired) electrons. The lowest BCUT2D eigenvalue weighted by Gasteiger charge is -2.15. The molecule has 0 atom stereocenters. The second-order valence-corrected chi connectivity index (χ2v) is 7.83. The van der Waals surface area contributed by atoms with E-state index in [1.807, 2.05) is 12.1 Å². The molecule has 2 aromatic carbocycles. The van der Waals surface area contributed by atoms with Crippen molar-refractivity contribution in [1.29, 1.82) is 0 Å². The number of aryl methyl sites for hydroxylation is 2. The standard InChI is InChI=1S/C24H24N4O4/c1-14-20(15(2)32-28-14)13-25-23(30)24(31)27-21-10-6-5-9-19(21)22(29)26-18-11-16-7-3-4-8-17(16)12-18/h3-10,18H,11-13H2,1-2H3,(H,25,30)(H,26,29)(H,27,31). The van der Waals surface area contributed by atoms with Crippen molar-refractivity contribution in [2.45, 2.75) is 39.3 Å². The number of para-hydroxylation sites is 1. The molecule has 0 spiro atoms. The van der Waals surface area contributed by atoms with Crippen LogP contribution in [0.5, 0.6) is 0 Å². The highest BCUT2D eigenvalue weighted by molar-refractivity contribution is 6.40. The van der Waals surface area contributed by atoms with E-state index in [1.54, 1.807) is 38.1 Å². The monoisotopic (exact) mass is 432 g/mol. The number of carbonyl (C=O) groups excluding carboxylic acids is 3. The summed E-state index contributed by atoms with van der Waals surface area (Å²) >= 11 is 0. The van der Waals surface area contributed by atoms with Crippen LogP contribution in [-0.4, -0.2) is 28.9 Å². The molecule has 0 unspecified atom stereocenters. The molecule has 0 fully saturated rings. The summed E-state index contributed by atoms with van der Waals surface area (Å²) in [5.74, 6) is -1.38. The molecule has 0 aliphatic heterocycles. The Balaban J connectivity index is 1.38. The SMILES string of the molecule is Cc1noc(C)c1CNC(=O)C(=O)Nc1ccccc1C(=O)NC1Cc2ccccc2C1. The fourth-order valence-corrected chi connectivity index (χ4v) is 3.90. The van der Waals surface area contributed by atoms with Crippen LogP contribution < -0.4 is 16.0 Å². The Labute approximate surface area is 185 Å². The van der Waals surface area contributed by atoms with Gasteiger partial charge in [0.05, 0.1) is 16.9 Å². The minimum absolute atomic E-state index is 0.0120. The molecule has 0 saturated carbocycles. The number of hydrogen-bond acceptors (Lipinski definition) is 5. The molecular formula is C24H24N4O4. The van der Waals surface area contributed by atoms with Gasteiger partial charge in [0.15, 0.2) is 0 Å². The summed E-state index contributed by atoms with van der Waals surface area (Å²) in [7, 11) is 0. The zero-order valence-electron chi connectivity index (χ0n) is 17.9. The van der Waals surface area contributed by atoms with Crippen molar-refractivity contribution < 1.29 is 18.9 Å². The third-order valence-corrected chi connectivity index (χ3v) is 5.62. The Morgan fingerprint density at radius 2 is 1.62 bits per heavy atom. The van der Waals surface area contributed by atoms with Crippen LogP contribution in [0.4, 0.5) is 5.69 Å². The van der Waals surface area contributed by atoms with Gasteiger partial charge in [-0.3, -0.25) is 14.4 Å². The zero-order chi connectivity index (χ0) is 22.7. The average Bonchev–Trinajstić information content (AvgIpc) is 3.34. The second kappa shape index (κ2) is 9.05. The van der Waals surface area contributed by atoms with Crippen LogP contribution in [0, 0.1) is 13.8 Å². The van der Waals surface area contributed by atoms with Crippen molar-refractivity contribution in [1.82, 2.24) is 15.8 Å². The van der Waals surface area contributed by atoms with Crippen molar-refractivity contribution in [2.75, 3.05) is 5.32 Å². The van der Waals surface area contributed by atoms with E-state index in [0.29, 0.717) is 17.0 Å². The summed E-state index contributed by atoms with van der Waals surface area (Å²) < 4.78 is 5.05. The van der Waals surface area contributed by atoms with Crippen molar-refractivity contribution in [3.8, 4) is 0 Å². The topological polar surface area (TPSA) is 113 Å². The first kappa shape index (κ1) is 21.3. The van der Waals surface area contributed by atoms with Crippen LogP contribution >= 0.6 is 0 Å². The lowest BCUT2D eigenvalue weighted by Crippen LogP contribution is -2.37. The van der Waals surface area contributed by atoms with Gasteiger partial charge in [-0.25, -0.2) is 0 Å². The molecule has 1 aromatic heterocycles. The summed E-state index contributed by atoms with van der Waals surface area (Å²) in [5.41, 5.74) is 4.42. The number of fused-ring (bicyclic) bond motifs is 1. The van der Waals surface area contributed by atoms with Gasteiger partial charge in [0, 0.05) is 18.2 Å². The van der Waals surface area contributed by atoms with E-state index in [-0.39, 0.29) is 24.2 Å². The van der Waals surface area contributed by atoms with E-state index in [4.69, 9.17) is 4.52 Å². The number of nitrogens with zero attached hydrogens (tertiary/aromatic N) is 1. The molecular weight excluding hydrogens is 408 g/mol. The van der Waals surface area contributed by atoms with Gasteiger partial charge in [-0.1, -0.05) is 41.6 Å². The lowest BCUT2D eigenvalue weighted by molar-refractivity contribution is -0.136. The molecule has 8 nitrogen and oxygen atoms in total. The molecule has 1 aliphatic carbocycles. The summed E-state index contributed by atoms with van der Waals surface area (Å²) in [6.07, 6.45) is 1.53. The number of hydrogen-bond donors (Lipinski definition) is 3. The summed E-state index contributed by atoms with van der Waals surface area (Å²) in [6, 6.07) is 14.7. The Morgan fingerprint density at radius 1 is 0.969 bits per heavy atom. The minimum atomic E-state index is -0.856. The highest BCUT2D eigenvalue weighted by atomic mass is 16.5. The number of anilines is 1. The Hall–Kier alpha value is -3.94. The number of amides is 3. The van der Waals surface area contributed by atoms with Gasteiger partial charge in [-0.05, 0) is 49.9 Å². The molecule has 32 heavy (non-hydrogen) atoms. The Bertz CT molecular complexity index is 1140. The molecule has 8 heteroatoms. The maximum Gasteiger partial charge on any atom is 0.313 e. The van der Waals surface area contributed by atoms with Crippen LogP contribution in [0.2, 0.25) is 0 Å². The van der Waals surface area contributed by atoms with Crippen LogP contribution in [0.25, 0.3) is 0 Å². The van der Waals surface area contributed by atoms with Crippen molar-refractivity contribution >= 4 is 23.4 Å². The maximum atomic E-state index is 12.9. The summed E-state index contributed by atoms with van der Waals surface area (Å²) in [5, 5.41) is 11.9. The first-order chi connectivity index (χ1) is 15.4. The number of aromatic nitrogens is 1. The predicted octanol–water partition coefficient (Wildman–Crippen LogP) is 2.44. The third-order valence-electron chi connectivity index (χ3n) is 5.62. The summed E-state index contributed by atoms with van der Waals surface area (Å²) in [4.78, 5) is 37.6. The normalized spacial score (nSPS) is 12.8. The van der Waals surface area contributed by atoms with Crippen molar-refractivity contribution in [3.05, 3.63) is 82.2 Å². The van der Waals surface area contributed by atoms with Crippen LogP contribution in [-0.2, 0) is 29.0 Å². The molecule has 1 heterocycles. The van der Waals surface area contributed by atoms with E-state index in [0.717, 1.165) is 18.4 Å². The second-order valence-electron chi connectivity index (χ2n) is 7.83. The number of nitrogens with one attached hydrogen (secondary N) is 3. The van der Waals surface area contributed by atoms with E-state index in [2.05, 4.69) is 33.2 Å². The van der Waals surface area contributed by atoms with Gasteiger partial charge in [0.25, 0.3) is 5.91 Å². The van der Waals surface area contributed by atoms with Gasteiger partial charge in [0.1, 0.15) is 5.76 Å². The van der Waals surface area contributed by atoms with Gasteiger partial charge in [0.2, 0.25) is 0 Å². The smallest absolute Gasteiger partial charge is 0.313 e. The van der Waals surface area contributed by atoms with E-state index >= 15 is 0 Å². The van der Waals surface area contributed by atoms with Gasteiger partial charge in [-0.2, -0.15) is 0 Å². The van der Waals surface area contributed by atoms with E-state index < -0.39 is 11.8 Å². The molecule has 164 valence electrons. The third kappa shape index (κ3) is 4.54. The molecule has 3 amide bonds. The zero-order valence-corrected chi connectivity index (χ0v) is 17.9. The highest BCUT2D eigenvalue weighted by Crippen LogP contribution is 2.23. The van der Waals surface area contributed by atoms with Gasteiger partial charge in [-0.15, -0.1) is 0 Å². The number of carbonyl (C=O) groups is 3. The van der Waals surface area contributed by atoms with Gasteiger partial charge < -0.3 is 20.5 Å². The molecule has 3 aromatic rings. The molecule has 4 rings (SSSR count). The fraction of sp³-hybridized carbons (Fsp3) is 0.250. The summed E-state index contributed by atoms with van der Waals surface area (Å²) in [6.45, 7) is 3.62. The van der Waals surface area contributed by atoms with Crippen LogP contribution in [0.3, 0.4) is 0 Å². The quantitative estimate of drug-likeness (QED) is 0.536. The average molecular weight is 432 g/mol. The highest BCUT2D eigenvalue weighted by Gasteiger charge is 2.24. The largest absolute Gasteiger partial charge is 0.361 e. The van der Waals surface area contributed by atoms with E-state index in [9.17, 15) is 14.4 Å². The first-order valence-electron chi connectivity index (χ1n) is 10.4. The first-order valence-corrected chi connectivity index (χ1v) is 10.4. The van der Waals surface area contributed by atoms with Crippen LogP contribution in [0.15, 0.2) is 53.1 Å². The molecule has 1 aliphatic rings. The predicted molar refractivity (Wildman–Crippen MR) is 118 cm³/mol. The molecule has 0 saturated heterocycles.